The van der Waals surface area contributed by atoms with Crippen LogP contribution in [-0.4, -0.2) is 138 Å². The van der Waals surface area contributed by atoms with Crippen LogP contribution in [0.4, 0.5) is 5.69 Å². The fourth-order valence-corrected chi connectivity index (χ4v) is 5.32. The van der Waals surface area contributed by atoms with Crippen LogP contribution in [0.5, 0.6) is 0 Å². The molecule has 2 unspecified atom stereocenters. The van der Waals surface area contributed by atoms with Gasteiger partial charge in [-0.2, -0.15) is 0 Å². The topological polar surface area (TPSA) is 112 Å². The van der Waals surface area contributed by atoms with Crippen molar-refractivity contribution < 1.29 is 19.8 Å². The van der Waals surface area contributed by atoms with Gasteiger partial charge in [-0.05, 0) is 43.8 Å². The largest absolute Gasteiger partial charge is 0.481 e. The summed E-state index contributed by atoms with van der Waals surface area (Å²) in [5.41, 5.74) is 1.62. The van der Waals surface area contributed by atoms with Crippen LogP contribution >= 0.6 is 12.2 Å². The number of thiocarbonyl (C=S) groups is 1. The summed E-state index contributed by atoms with van der Waals surface area (Å²) in [5.74, 6) is -1.69. The molecule has 10 nitrogen and oxygen atoms in total. The lowest BCUT2D eigenvalue weighted by atomic mass is 9.92. The lowest BCUT2D eigenvalue weighted by Crippen LogP contribution is -2.48. The van der Waals surface area contributed by atoms with Crippen molar-refractivity contribution in [2.45, 2.75) is 59.0 Å². The molecule has 42 heavy (non-hydrogen) atoms. The first-order valence-electron chi connectivity index (χ1n) is 15.6. The van der Waals surface area contributed by atoms with Gasteiger partial charge in [0.05, 0.1) is 17.5 Å². The van der Waals surface area contributed by atoms with Gasteiger partial charge < -0.3 is 35.5 Å². The number of β-amino-alcohol motifs (C(OH)–C–C–N with tert-alkyl or cyclic N) is 1. The Morgan fingerprint density at radius 3 is 1.71 bits per heavy atom. The van der Waals surface area contributed by atoms with Crippen LogP contribution in [0.1, 0.15) is 58.4 Å². The SMILES string of the molecule is CCC(=S)Nc1ccc(C(CC(=O)O)CC(=O)NCC(O)CN2CCN(CC)CCN(CC)CCN(CC)CC2)cc1. The number of aliphatic hydroxyl groups is 1. The first-order chi connectivity index (χ1) is 20.2. The molecule has 1 aliphatic heterocycles. The molecule has 238 valence electrons. The zero-order chi connectivity index (χ0) is 30.9. The molecular weight excluding hydrogens is 552 g/mol. The Labute approximate surface area is 258 Å². The summed E-state index contributed by atoms with van der Waals surface area (Å²) in [6.07, 6.45) is -0.0984. The Kier molecular flexibility index (Phi) is 17.1. The lowest BCUT2D eigenvalue weighted by molar-refractivity contribution is -0.137. The number of carboxylic acid groups (broad SMARTS) is 1. The molecule has 1 fully saturated rings. The predicted octanol–water partition coefficient (Wildman–Crippen LogP) is 2.54. The van der Waals surface area contributed by atoms with Crippen LogP contribution in [-0.2, 0) is 9.59 Å². The summed E-state index contributed by atoms with van der Waals surface area (Å²) in [5, 5.41) is 26.3. The van der Waals surface area contributed by atoms with Crippen molar-refractivity contribution >= 4 is 34.8 Å². The van der Waals surface area contributed by atoms with E-state index >= 15 is 0 Å². The molecule has 1 aliphatic rings. The van der Waals surface area contributed by atoms with Gasteiger partial charge >= 0.3 is 5.97 Å². The number of likely N-dealkylation sites (N-methyl/N-ethyl adjacent to an activating group) is 3. The Morgan fingerprint density at radius 1 is 0.810 bits per heavy atom. The van der Waals surface area contributed by atoms with Gasteiger partial charge in [0.15, 0.2) is 0 Å². The van der Waals surface area contributed by atoms with E-state index in [0.717, 1.165) is 94.7 Å². The molecule has 0 spiro atoms. The van der Waals surface area contributed by atoms with Crippen LogP contribution < -0.4 is 10.6 Å². The highest BCUT2D eigenvalue weighted by molar-refractivity contribution is 7.80. The van der Waals surface area contributed by atoms with E-state index in [1.54, 1.807) is 0 Å². The highest BCUT2D eigenvalue weighted by atomic mass is 32.1. The number of rotatable bonds is 14. The fourth-order valence-electron chi connectivity index (χ4n) is 5.21. The number of benzene rings is 1. The minimum absolute atomic E-state index is 0.0363. The van der Waals surface area contributed by atoms with Gasteiger partial charge in [-0.1, -0.05) is 52.0 Å². The number of aliphatic hydroxyl groups excluding tert-OH is 1. The maximum absolute atomic E-state index is 12.9. The quantitative estimate of drug-likeness (QED) is 0.236. The van der Waals surface area contributed by atoms with Crippen molar-refractivity contribution in [3.8, 4) is 0 Å². The average molecular weight is 607 g/mol. The monoisotopic (exact) mass is 606 g/mol. The number of carboxylic acids is 1. The van der Waals surface area contributed by atoms with E-state index in [9.17, 15) is 19.8 Å². The average Bonchev–Trinajstić information content (AvgIpc) is 2.97. The highest BCUT2D eigenvalue weighted by Crippen LogP contribution is 2.25. The Balaban J connectivity index is 1.94. The standard InChI is InChI=1S/C31H54N6O4S/c1-5-30(42)33-27-11-9-25(10-12-27)26(22-31(40)41)21-29(39)32-23-28(38)24-37-19-17-35(7-3)15-13-34(6-2)14-16-36(8-4)18-20-37/h9-12,26,28,38H,5-8,13-24H2,1-4H3,(H,32,39)(H,33,42)(H,40,41). The molecule has 2 atom stereocenters. The minimum atomic E-state index is -0.956. The maximum Gasteiger partial charge on any atom is 0.303 e. The van der Waals surface area contributed by atoms with Crippen LogP contribution in [0.25, 0.3) is 0 Å². The number of amides is 1. The number of aliphatic carboxylic acids is 1. The number of hydrogen-bond donors (Lipinski definition) is 4. The van der Waals surface area contributed by atoms with Gasteiger partial charge in [0.2, 0.25) is 5.91 Å². The molecule has 0 saturated carbocycles. The minimum Gasteiger partial charge on any atom is -0.481 e. The number of anilines is 1. The van der Waals surface area contributed by atoms with Gasteiger partial charge in [-0.25, -0.2) is 0 Å². The van der Waals surface area contributed by atoms with Crippen LogP contribution in [0.15, 0.2) is 24.3 Å². The van der Waals surface area contributed by atoms with Crippen molar-refractivity contribution in [2.75, 3.05) is 90.4 Å². The summed E-state index contributed by atoms with van der Waals surface area (Å²) in [4.78, 5) is 34.9. The third kappa shape index (κ3) is 13.9. The Hall–Kier alpha value is -2.15. The third-order valence-corrected chi connectivity index (χ3v) is 8.51. The predicted molar refractivity (Wildman–Crippen MR) is 174 cm³/mol. The van der Waals surface area contributed by atoms with Crippen LogP contribution in [0.3, 0.4) is 0 Å². The zero-order valence-corrected chi connectivity index (χ0v) is 27.0. The van der Waals surface area contributed by atoms with E-state index in [2.05, 4.69) is 51.0 Å². The van der Waals surface area contributed by atoms with Crippen LogP contribution in [0.2, 0.25) is 0 Å². The number of hydrogen-bond acceptors (Lipinski definition) is 8. The van der Waals surface area contributed by atoms with Crippen molar-refractivity contribution in [3.05, 3.63) is 29.8 Å². The van der Waals surface area contributed by atoms with E-state index in [-0.39, 0.29) is 25.3 Å². The van der Waals surface area contributed by atoms with Crippen molar-refractivity contribution in [2.24, 2.45) is 0 Å². The second-order valence-electron chi connectivity index (χ2n) is 11.1. The third-order valence-electron chi connectivity index (χ3n) is 8.12. The molecule has 1 amide bonds. The van der Waals surface area contributed by atoms with Gasteiger partial charge in [0.25, 0.3) is 0 Å². The summed E-state index contributed by atoms with van der Waals surface area (Å²) < 4.78 is 0. The molecule has 2 rings (SSSR count). The molecule has 0 aliphatic carbocycles. The first kappa shape index (κ1) is 36.0. The zero-order valence-electron chi connectivity index (χ0n) is 26.2. The molecule has 1 aromatic carbocycles. The van der Waals surface area contributed by atoms with Crippen molar-refractivity contribution in [1.82, 2.24) is 24.9 Å². The molecular formula is C31H54N6O4S. The molecule has 0 radical (unpaired) electrons. The highest BCUT2D eigenvalue weighted by Gasteiger charge is 2.21. The van der Waals surface area contributed by atoms with E-state index < -0.39 is 18.0 Å². The van der Waals surface area contributed by atoms with Gasteiger partial charge in [0, 0.05) is 83.5 Å². The molecule has 0 aromatic heterocycles. The molecule has 1 saturated heterocycles. The lowest BCUT2D eigenvalue weighted by Gasteiger charge is -2.34. The second kappa shape index (κ2) is 19.9. The number of nitrogens with one attached hydrogen (secondary N) is 2. The molecule has 4 N–H and O–H groups in total. The van der Waals surface area contributed by atoms with E-state index in [4.69, 9.17) is 12.2 Å². The fraction of sp³-hybridized carbons (Fsp3) is 0.710. The second-order valence-corrected chi connectivity index (χ2v) is 11.6. The van der Waals surface area contributed by atoms with Gasteiger partial charge in [-0.15, -0.1) is 0 Å². The normalized spacial score (nSPS) is 18.4. The summed E-state index contributed by atoms with van der Waals surface area (Å²) >= 11 is 5.23. The number of carbonyl (C=O) groups is 2. The number of carbonyl (C=O) groups excluding carboxylic acids is 1. The van der Waals surface area contributed by atoms with Crippen molar-refractivity contribution in [3.63, 3.8) is 0 Å². The number of nitrogens with zero attached hydrogens (tertiary/aromatic N) is 4. The Morgan fingerprint density at radius 2 is 1.29 bits per heavy atom. The molecule has 11 heteroatoms. The molecule has 1 heterocycles. The summed E-state index contributed by atoms with van der Waals surface area (Å²) in [7, 11) is 0. The summed E-state index contributed by atoms with van der Waals surface area (Å²) in [6.45, 7) is 20.0. The summed E-state index contributed by atoms with van der Waals surface area (Å²) in [6, 6.07) is 7.38. The smallest absolute Gasteiger partial charge is 0.303 e. The van der Waals surface area contributed by atoms with E-state index in [0.29, 0.717) is 6.54 Å². The van der Waals surface area contributed by atoms with Gasteiger partial charge in [0.1, 0.15) is 0 Å². The van der Waals surface area contributed by atoms with Crippen molar-refractivity contribution in [1.29, 1.82) is 0 Å². The maximum atomic E-state index is 12.9. The molecule has 1 aromatic rings. The first-order valence-corrected chi connectivity index (χ1v) is 16.0. The molecule has 0 bridgehead atoms. The van der Waals surface area contributed by atoms with Crippen LogP contribution in [0, 0.1) is 0 Å². The Bertz CT molecular complexity index is 930. The van der Waals surface area contributed by atoms with E-state index in [1.165, 1.54) is 0 Å². The van der Waals surface area contributed by atoms with Gasteiger partial charge in [-0.3, -0.25) is 14.5 Å². The van der Waals surface area contributed by atoms with E-state index in [1.807, 2.05) is 31.2 Å².